The summed E-state index contributed by atoms with van der Waals surface area (Å²) in [6, 6.07) is 13.2. The SMILES string of the molecule is CC(N)c1ccc(C(=O)NCCc2ccccc2)o1. The molecule has 3 N–H and O–H groups in total. The number of amides is 1. The number of benzene rings is 1. The van der Waals surface area contributed by atoms with E-state index in [1.807, 2.05) is 37.3 Å². The Morgan fingerprint density at radius 2 is 2.00 bits per heavy atom. The van der Waals surface area contributed by atoms with E-state index in [1.165, 1.54) is 5.56 Å². The molecule has 0 spiro atoms. The van der Waals surface area contributed by atoms with E-state index in [2.05, 4.69) is 5.32 Å². The highest BCUT2D eigenvalue weighted by molar-refractivity contribution is 5.91. The molecule has 4 nitrogen and oxygen atoms in total. The highest BCUT2D eigenvalue weighted by Crippen LogP contribution is 2.13. The molecule has 19 heavy (non-hydrogen) atoms. The Kier molecular flexibility index (Phi) is 4.36. The molecule has 1 unspecified atom stereocenters. The van der Waals surface area contributed by atoms with E-state index in [-0.39, 0.29) is 11.9 Å². The van der Waals surface area contributed by atoms with Gasteiger partial charge in [0.1, 0.15) is 5.76 Å². The summed E-state index contributed by atoms with van der Waals surface area (Å²) in [6.45, 7) is 2.40. The first-order valence-electron chi connectivity index (χ1n) is 6.34. The second-order valence-corrected chi connectivity index (χ2v) is 4.48. The van der Waals surface area contributed by atoms with Crippen molar-refractivity contribution in [1.82, 2.24) is 5.32 Å². The zero-order valence-electron chi connectivity index (χ0n) is 10.9. The lowest BCUT2D eigenvalue weighted by molar-refractivity contribution is 0.0924. The summed E-state index contributed by atoms with van der Waals surface area (Å²) < 4.78 is 5.37. The molecule has 4 heteroatoms. The molecule has 1 aromatic carbocycles. The van der Waals surface area contributed by atoms with Gasteiger partial charge in [-0.25, -0.2) is 0 Å². The minimum Gasteiger partial charge on any atom is -0.454 e. The minimum atomic E-state index is -0.206. The fraction of sp³-hybridized carbons (Fsp3) is 0.267. The highest BCUT2D eigenvalue weighted by Gasteiger charge is 2.12. The molecule has 0 fully saturated rings. The van der Waals surface area contributed by atoms with Crippen LogP contribution in [-0.4, -0.2) is 12.5 Å². The maximum Gasteiger partial charge on any atom is 0.287 e. The van der Waals surface area contributed by atoms with Crippen LogP contribution in [-0.2, 0) is 6.42 Å². The van der Waals surface area contributed by atoms with Crippen molar-refractivity contribution in [3.8, 4) is 0 Å². The van der Waals surface area contributed by atoms with Gasteiger partial charge in [0.25, 0.3) is 5.91 Å². The van der Waals surface area contributed by atoms with Gasteiger partial charge in [-0.2, -0.15) is 0 Å². The molecular weight excluding hydrogens is 240 g/mol. The van der Waals surface area contributed by atoms with Crippen molar-refractivity contribution >= 4 is 5.91 Å². The van der Waals surface area contributed by atoms with E-state index in [4.69, 9.17) is 10.2 Å². The van der Waals surface area contributed by atoms with Gasteiger partial charge in [0.2, 0.25) is 0 Å². The van der Waals surface area contributed by atoms with Gasteiger partial charge >= 0.3 is 0 Å². The predicted molar refractivity (Wildman–Crippen MR) is 73.8 cm³/mol. The number of furan rings is 1. The van der Waals surface area contributed by atoms with Crippen molar-refractivity contribution in [3.63, 3.8) is 0 Å². The smallest absolute Gasteiger partial charge is 0.287 e. The number of nitrogens with one attached hydrogen (secondary N) is 1. The number of rotatable bonds is 5. The lowest BCUT2D eigenvalue weighted by atomic mass is 10.1. The van der Waals surface area contributed by atoms with E-state index in [0.717, 1.165) is 6.42 Å². The third kappa shape index (κ3) is 3.69. The molecule has 0 saturated carbocycles. The van der Waals surface area contributed by atoms with Crippen LogP contribution in [0.2, 0.25) is 0 Å². The van der Waals surface area contributed by atoms with Gasteiger partial charge in [0.05, 0.1) is 6.04 Å². The number of carbonyl (C=O) groups excluding carboxylic acids is 1. The summed E-state index contributed by atoms with van der Waals surface area (Å²) in [5, 5.41) is 2.83. The predicted octanol–water partition coefficient (Wildman–Crippen LogP) is 2.27. The lowest BCUT2D eigenvalue weighted by Gasteiger charge is -2.04. The molecule has 100 valence electrons. The van der Waals surface area contributed by atoms with Crippen LogP contribution >= 0.6 is 0 Å². The summed E-state index contributed by atoms with van der Waals surface area (Å²) in [5.41, 5.74) is 6.87. The first kappa shape index (κ1) is 13.4. The number of nitrogens with two attached hydrogens (primary N) is 1. The lowest BCUT2D eigenvalue weighted by Crippen LogP contribution is -2.25. The zero-order chi connectivity index (χ0) is 13.7. The van der Waals surface area contributed by atoms with Crippen LogP contribution in [0, 0.1) is 0 Å². The molecule has 2 aromatic rings. The van der Waals surface area contributed by atoms with Gasteiger partial charge in [-0.1, -0.05) is 30.3 Å². The average Bonchev–Trinajstić information content (AvgIpc) is 2.89. The van der Waals surface area contributed by atoms with Crippen molar-refractivity contribution in [2.75, 3.05) is 6.54 Å². The van der Waals surface area contributed by atoms with Crippen molar-refractivity contribution in [1.29, 1.82) is 0 Å². The number of hydrogen-bond acceptors (Lipinski definition) is 3. The molecule has 0 aliphatic carbocycles. The van der Waals surface area contributed by atoms with Gasteiger partial charge in [0, 0.05) is 6.54 Å². The molecule has 2 rings (SSSR count). The standard InChI is InChI=1S/C15H18N2O2/c1-11(16)13-7-8-14(19-13)15(18)17-10-9-12-5-3-2-4-6-12/h2-8,11H,9-10,16H2,1H3,(H,17,18). The molecule has 0 aliphatic rings. The van der Waals surface area contributed by atoms with Crippen LogP contribution in [0.1, 0.15) is 34.8 Å². The largest absolute Gasteiger partial charge is 0.454 e. The molecule has 0 bridgehead atoms. The van der Waals surface area contributed by atoms with Crippen LogP contribution in [0.25, 0.3) is 0 Å². The summed E-state index contributed by atoms with van der Waals surface area (Å²) in [7, 11) is 0. The van der Waals surface area contributed by atoms with Gasteiger partial charge < -0.3 is 15.5 Å². The average molecular weight is 258 g/mol. The summed E-state index contributed by atoms with van der Waals surface area (Å²) >= 11 is 0. The Hall–Kier alpha value is -2.07. The Morgan fingerprint density at radius 3 is 2.63 bits per heavy atom. The van der Waals surface area contributed by atoms with E-state index < -0.39 is 0 Å². The van der Waals surface area contributed by atoms with Crippen LogP contribution in [0.5, 0.6) is 0 Å². The Bertz CT molecular complexity index is 532. The molecule has 1 aromatic heterocycles. The third-order valence-corrected chi connectivity index (χ3v) is 2.84. The maximum atomic E-state index is 11.8. The quantitative estimate of drug-likeness (QED) is 0.864. The number of hydrogen-bond donors (Lipinski definition) is 2. The van der Waals surface area contributed by atoms with E-state index >= 15 is 0 Å². The molecule has 0 radical (unpaired) electrons. The fourth-order valence-corrected chi connectivity index (χ4v) is 1.77. The molecular formula is C15H18N2O2. The van der Waals surface area contributed by atoms with Crippen molar-refractivity contribution in [3.05, 3.63) is 59.5 Å². The Morgan fingerprint density at radius 1 is 1.26 bits per heavy atom. The third-order valence-electron chi connectivity index (χ3n) is 2.84. The normalized spacial score (nSPS) is 12.1. The molecule has 0 saturated heterocycles. The molecule has 1 atom stereocenters. The van der Waals surface area contributed by atoms with Crippen LogP contribution < -0.4 is 11.1 Å². The van der Waals surface area contributed by atoms with Crippen LogP contribution in [0.3, 0.4) is 0 Å². The van der Waals surface area contributed by atoms with Gasteiger partial charge in [-0.3, -0.25) is 4.79 Å². The van der Waals surface area contributed by atoms with Crippen molar-refractivity contribution in [2.45, 2.75) is 19.4 Å². The topological polar surface area (TPSA) is 68.3 Å². The second-order valence-electron chi connectivity index (χ2n) is 4.48. The highest BCUT2D eigenvalue weighted by atomic mass is 16.4. The van der Waals surface area contributed by atoms with Crippen LogP contribution in [0.4, 0.5) is 0 Å². The Labute approximate surface area is 112 Å². The van der Waals surface area contributed by atoms with Gasteiger partial charge in [-0.15, -0.1) is 0 Å². The minimum absolute atomic E-state index is 0.203. The summed E-state index contributed by atoms with van der Waals surface area (Å²) in [6.07, 6.45) is 0.799. The Balaban J connectivity index is 1.84. The first-order chi connectivity index (χ1) is 9.16. The second kappa shape index (κ2) is 6.20. The fourth-order valence-electron chi connectivity index (χ4n) is 1.77. The van der Waals surface area contributed by atoms with E-state index in [9.17, 15) is 4.79 Å². The monoisotopic (exact) mass is 258 g/mol. The molecule has 1 heterocycles. The van der Waals surface area contributed by atoms with Gasteiger partial charge in [-0.05, 0) is 31.0 Å². The van der Waals surface area contributed by atoms with Gasteiger partial charge in [0.15, 0.2) is 5.76 Å². The van der Waals surface area contributed by atoms with E-state index in [0.29, 0.717) is 18.1 Å². The maximum absolute atomic E-state index is 11.8. The molecule has 0 aliphatic heterocycles. The van der Waals surface area contributed by atoms with Crippen LogP contribution in [0.15, 0.2) is 46.9 Å². The van der Waals surface area contributed by atoms with E-state index in [1.54, 1.807) is 12.1 Å². The summed E-state index contributed by atoms with van der Waals surface area (Å²) in [4.78, 5) is 11.8. The zero-order valence-corrected chi connectivity index (χ0v) is 10.9. The summed E-state index contributed by atoms with van der Waals surface area (Å²) in [5.74, 6) is 0.719. The molecule has 1 amide bonds. The first-order valence-corrected chi connectivity index (χ1v) is 6.34. The van der Waals surface area contributed by atoms with Crippen molar-refractivity contribution < 1.29 is 9.21 Å². The van der Waals surface area contributed by atoms with Crippen molar-refractivity contribution in [2.24, 2.45) is 5.73 Å². The number of carbonyl (C=O) groups is 1.